The number of fused-ring (bicyclic) bond motifs is 3. The zero-order chi connectivity index (χ0) is 23.0. The molecular formula is C23H20F3N3O3. The van der Waals surface area contributed by atoms with Crippen LogP contribution in [-0.4, -0.2) is 26.9 Å². The van der Waals surface area contributed by atoms with Crippen molar-refractivity contribution in [3.05, 3.63) is 76.3 Å². The molecule has 0 fully saturated rings. The predicted octanol–water partition coefficient (Wildman–Crippen LogP) is 4.77. The van der Waals surface area contributed by atoms with E-state index in [2.05, 4.69) is 4.98 Å². The number of rotatable bonds is 5. The molecule has 0 aliphatic heterocycles. The van der Waals surface area contributed by atoms with E-state index in [1.807, 2.05) is 6.07 Å². The highest BCUT2D eigenvalue weighted by atomic mass is 19.4. The number of alkyl halides is 3. The number of para-hydroxylation sites is 1. The van der Waals surface area contributed by atoms with Crippen LogP contribution in [0.2, 0.25) is 0 Å². The number of carbonyl (C=O) groups is 1. The van der Waals surface area contributed by atoms with Crippen molar-refractivity contribution in [2.24, 2.45) is 0 Å². The van der Waals surface area contributed by atoms with E-state index in [4.69, 9.17) is 4.42 Å². The lowest BCUT2D eigenvalue weighted by atomic mass is 10.0. The molecule has 2 heterocycles. The second-order valence-corrected chi connectivity index (χ2v) is 7.43. The van der Waals surface area contributed by atoms with Crippen LogP contribution in [0.1, 0.15) is 31.0 Å². The van der Waals surface area contributed by atoms with E-state index in [9.17, 15) is 22.8 Å². The van der Waals surface area contributed by atoms with Crippen molar-refractivity contribution < 1.29 is 22.4 Å². The van der Waals surface area contributed by atoms with E-state index in [1.165, 1.54) is 17.3 Å². The van der Waals surface area contributed by atoms with Gasteiger partial charge in [-0.1, -0.05) is 24.3 Å². The smallest absolute Gasteiger partial charge is 0.416 e. The number of carbonyl (C=O) groups excluding carboxylic acids is 1. The van der Waals surface area contributed by atoms with Crippen molar-refractivity contribution in [2.75, 3.05) is 6.54 Å². The van der Waals surface area contributed by atoms with Gasteiger partial charge in [-0.25, -0.2) is 4.98 Å². The number of hydrogen-bond donors (Lipinski definition) is 0. The van der Waals surface area contributed by atoms with E-state index < -0.39 is 29.2 Å². The third-order valence-electron chi connectivity index (χ3n) is 5.48. The molecule has 32 heavy (non-hydrogen) atoms. The summed E-state index contributed by atoms with van der Waals surface area (Å²) in [5.41, 5.74) is 0.0654. The minimum Gasteiger partial charge on any atom is -0.448 e. The summed E-state index contributed by atoms with van der Waals surface area (Å²) in [7, 11) is 0. The second kappa shape index (κ2) is 8.14. The first-order valence-corrected chi connectivity index (χ1v) is 10.0. The van der Waals surface area contributed by atoms with Crippen molar-refractivity contribution in [2.45, 2.75) is 32.6 Å². The second-order valence-electron chi connectivity index (χ2n) is 7.43. The molecule has 0 bridgehead atoms. The number of likely N-dealkylation sites (N-methyl/N-ethyl adjacent to an activating group) is 1. The molecule has 9 heteroatoms. The van der Waals surface area contributed by atoms with Crippen molar-refractivity contribution in [1.29, 1.82) is 0 Å². The minimum absolute atomic E-state index is 0.0514. The molecule has 4 rings (SSSR count). The Labute approximate surface area is 180 Å². The summed E-state index contributed by atoms with van der Waals surface area (Å²) in [6.45, 7) is 3.33. The van der Waals surface area contributed by atoms with Crippen molar-refractivity contribution >= 4 is 28.0 Å². The van der Waals surface area contributed by atoms with Crippen LogP contribution >= 0.6 is 0 Å². The van der Waals surface area contributed by atoms with Gasteiger partial charge in [0.2, 0.25) is 11.5 Å². The summed E-state index contributed by atoms with van der Waals surface area (Å²) in [4.78, 5) is 31.6. The maximum Gasteiger partial charge on any atom is 0.416 e. The van der Waals surface area contributed by atoms with Gasteiger partial charge in [-0.2, -0.15) is 13.2 Å². The summed E-state index contributed by atoms with van der Waals surface area (Å²) in [5.74, 6) is -0.420. The van der Waals surface area contributed by atoms with E-state index in [1.54, 1.807) is 38.1 Å². The van der Waals surface area contributed by atoms with Crippen LogP contribution in [0, 0.1) is 0 Å². The highest BCUT2D eigenvalue weighted by molar-refractivity contribution is 6.01. The Balaban J connectivity index is 1.62. The Bertz CT molecular complexity index is 1360. The Kier molecular flexibility index (Phi) is 5.50. The quantitative estimate of drug-likeness (QED) is 0.446. The maximum atomic E-state index is 13.1. The van der Waals surface area contributed by atoms with Gasteiger partial charge < -0.3 is 9.32 Å². The Morgan fingerprint density at radius 1 is 1.19 bits per heavy atom. The summed E-state index contributed by atoms with van der Waals surface area (Å²) >= 11 is 0. The normalized spacial score (nSPS) is 12.9. The molecule has 0 N–H and O–H groups in total. The average molecular weight is 443 g/mol. The standard InChI is InChI=1S/C23H20F3N3O3/c1-3-29(14(2)15-7-6-8-16(11-15)23(24,25)26)19(30)12-28-13-27-20-17-9-4-5-10-18(17)32-21(20)22(28)31/h4-11,13-14H,3,12H2,1-2H3. The average Bonchev–Trinajstić information content (AvgIpc) is 3.15. The highest BCUT2D eigenvalue weighted by Crippen LogP contribution is 2.32. The van der Waals surface area contributed by atoms with Crippen molar-refractivity contribution in [1.82, 2.24) is 14.5 Å². The molecule has 4 aromatic rings. The van der Waals surface area contributed by atoms with E-state index in [0.717, 1.165) is 16.7 Å². The zero-order valence-electron chi connectivity index (χ0n) is 17.4. The lowest BCUT2D eigenvalue weighted by Gasteiger charge is -2.29. The molecular weight excluding hydrogens is 423 g/mol. The van der Waals surface area contributed by atoms with Crippen molar-refractivity contribution in [3.63, 3.8) is 0 Å². The summed E-state index contributed by atoms with van der Waals surface area (Å²) in [5, 5.41) is 0.700. The van der Waals surface area contributed by atoms with E-state index in [0.29, 0.717) is 22.0 Å². The summed E-state index contributed by atoms with van der Waals surface area (Å²) < 4.78 is 46.0. The molecule has 1 amide bonds. The third kappa shape index (κ3) is 3.86. The number of amides is 1. The monoisotopic (exact) mass is 443 g/mol. The fraction of sp³-hybridized carbons (Fsp3) is 0.261. The fourth-order valence-electron chi connectivity index (χ4n) is 3.79. The van der Waals surface area contributed by atoms with Gasteiger partial charge in [-0.05, 0) is 43.7 Å². The molecule has 0 aliphatic carbocycles. The topological polar surface area (TPSA) is 68.3 Å². The fourth-order valence-corrected chi connectivity index (χ4v) is 3.79. The molecule has 0 spiro atoms. The van der Waals surface area contributed by atoms with Gasteiger partial charge in [-0.15, -0.1) is 0 Å². The maximum absolute atomic E-state index is 13.1. The van der Waals surface area contributed by atoms with Crippen LogP contribution in [0.4, 0.5) is 13.2 Å². The Morgan fingerprint density at radius 2 is 1.94 bits per heavy atom. The van der Waals surface area contributed by atoms with Gasteiger partial charge >= 0.3 is 6.18 Å². The van der Waals surface area contributed by atoms with Crippen LogP contribution in [0.5, 0.6) is 0 Å². The molecule has 0 saturated heterocycles. The number of furan rings is 1. The van der Waals surface area contributed by atoms with Crippen LogP contribution in [0.3, 0.4) is 0 Å². The first-order valence-electron chi connectivity index (χ1n) is 10.0. The van der Waals surface area contributed by atoms with Crippen LogP contribution in [0.25, 0.3) is 22.1 Å². The number of benzene rings is 2. The van der Waals surface area contributed by atoms with Gasteiger partial charge in [0.15, 0.2) is 0 Å². The molecule has 0 saturated carbocycles. The van der Waals surface area contributed by atoms with Crippen molar-refractivity contribution in [3.8, 4) is 0 Å². The molecule has 1 atom stereocenters. The number of nitrogens with zero attached hydrogens (tertiary/aromatic N) is 3. The summed E-state index contributed by atoms with van der Waals surface area (Å²) in [6.07, 6.45) is -3.19. The largest absolute Gasteiger partial charge is 0.448 e. The molecule has 2 aromatic carbocycles. The van der Waals surface area contributed by atoms with Gasteiger partial charge in [0.25, 0.3) is 5.56 Å². The molecule has 0 radical (unpaired) electrons. The number of aromatic nitrogens is 2. The zero-order valence-corrected chi connectivity index (χ0v) is 17.4. The minimum atomic E-state index is -4.47. The van der Waals surface area contributed by atoms with E-state index in [-0.39, 0.29) is 18.7 Å². The van der Waals surface area contributed by atoms with Gasteiger partial charge in [-0.3, -0.25) is 14.2 Å². The van der Waals surface area contributed by atoms with Crippen LogP contribution in [-0.2, 0) is 17.5 Å². The lowest BCUT2D eigenvalue weighted by molar-refractivity contribution is -0.137. The molecule has 1 unspecified atom stereocenters. The first kappa shape index (κ1) is 21.6. The molecule has 6 nitrogen and oxygen atoms in total. The Hall–Kier alpha value is -3.62. The predicted molar refractivity (Wildman–Crippen MR) is 113 cm³/mol. The van der Waals surface area contributed by atoms with Gasteiger partial charge in [0, 0.05) is 11.9 Å². The van der Waals surface area contributed by atoms with Crippen LogP contribution < -0.4 is 5.56 Å². The molecule has 0 aliphatic rings. The molecule has 2 aromatic heterocycles. The van der Waals surface area contributed by atoms with Crippen LogP contribution in [0.15, 0.2) is 64.1 Å². The SMILES string of the molecule is CCN(C(=O)Cn1cnc2c(oc3ccccc32)c1=O)C(C)c1cccc(C(F)(F)F)c1. The van der Waals surface area contributed by atoms with Gasteiger partial charge in [0.05, 0.1) is 17.9 Å². The van der Waals surface area contributed by atoms with Gasteiger partial charge in [0.1, 0.15) is 17.6 Å². The highest BCUT2D eigenvalue weighted by Gasteiger charge is 2.31. The third-order valence-corrected chi connectivity index (χ3v) is 5.48. The van der Waals surface area contributed by atoms with E-state index >= 15 is 0 Å². The lowest BCUT2D eigenvalue weighted by Crippen LogP contribution is -2.38. The first-order chi connectivity index (χ1) is 15.2. The Morgan fingerprint density at radius 3 is 2.66 bits per heavy atom. The number of hydrogen-bond acceptors (Lipinski definition) is 4. The number of halogens is 3. The molecule has 166 valence electrons. The summed E-state index contributed by atoms with van der Waals surface area (Å²) in [6, 6.07) is 11.4.